The van der Waals surface area contributed by atoms with Crippen LogP contribution in [-0.4, -0.2) is 36.3 Å². The van der Waals surface area contributed by atoms with Gasteiger partial charge in [0, 0.05) is 43.2 Å². The number of hydrogen-bond donors (Lipinski definition) is 1. The third-order valence-electron chi connectivity index (χ3n) is 5.16. The lowest BCUT2D eigenvalue weighted by Gasteiger charge is -2.08. The van der Waals surface area contributed by atoms with Gasteiger partial charge in [0.05, 0.1) is 35.4 Å². The minimum Gasteiger partial charge on any atom is -0.393 e. The molecule has 0 spiro atoms. The van der Waals surface area contributed by atoms with Crippen molar-refractivity contribution in [1.29, 1.82) is 0 Å². The molecular formula is C23H23FN4O2. The van der Waals surface area contributed by atoms with Crippen LogP contribution in [0.5, 0.6) is 0 Å². The molecule has 4 aromatic rings. The summed E-state index contributed by atoms with van der Waals surface area (Å²) in [6.07, 6.45) is 7.00. The molecule has 1 aromatic carbocycles. The number of aromatic nitrogens is 4. The third kappa shape index (κ3) is 4.02. The fourth-order valence-electron chi connectivity index (χ4n) is 3.54. The van der Waals surface area contributed by atoms with E-state index in [0.29, 0.717) is 23.1 Å². The number of hydrogen-bond acceptors (Lipinski definition) is 4. The number of pyridine rings is 1. The molecule has 6 nitrogen and oxygen atoms in total. The summed E-state index contributed by atoms with van der Waals surface area (Å²) in [6, 6.07) is 8.80. The van der Waals surface area contributed by atoms with Gasteiger partial charge in [-0.2, -0.15) is 5.10 Å². The van der Waals surface area contributed by atoms with Crippen molar-refractivity contribution in [3.8, 4) is 11.1 Å². The van der Waals surface area contributed by atoms with Gasteiger partial charge in [0.2, 0.25) is 0 Å². The third-order valence-corrected chi connectivity index (χ3v) is 5.16. The van der Waals surface area contributed by atoms with E-state index in [1.54, 1.807) is 42.3 Å². The number of carbonyl (C=O) groups is 1. The van der Waals surface area contributed by atoms with Crippen LogP contribution >= 0.6 is 0 Å². The van der Waals surface area contributed by atoms with Crippen LogP contribution in [0, 0.1) is 5.82 Å². The second-order valence-electron chi connectivity index (χ2n) is 7.56. The number of fused-ring (bicyclic) bond motifs is 1. The highest BCUT2D eigenvalue weighted by Crippen LogP contribution is 2.25. The topological polar surface area (TPSA) is 72.9 Å². The molecule has 0 bridgehead atoms. The Kier molecular flexibility index (Phi) is 5.46. The highest BCUT2D eigenvalue weighted by atomic mass is 19.1. The Labute approximate surface area is 173 Å². The van der Waals surface area contributed by atoms with Gasteiger partial charge in [0.15, 0.2) is 5.78 Å². The van der Waals surface area contributed by atoms with Gasteiger partial charge < -0.3 is 9.67 Å². The molecule has 0 amide bonds. The zero-order valence-electron chi connectivity index (χ0n) is 16.9. The van der Waals surface area contributed by atoms with Gasteiger partial charge in [0.1, 0.15) is 5.82 Å². The van der Waals surface area contributed by atoms with E-state index in [9.17, 15) is 14.3 Å². The van der Waals surface area contributed by atoms with Gasteiger partial charge in [-0.25, -0.2) is 4.39 Å². The molecule has 0 aliphatic heterocycles. The summed E-state index contributed by atoms with van der Waals surface area (Å²) in [5.41, 5.74) is 4.00. The second kappa shape index (κ2) is 8.20. The highest BCUT2D eigenvalue weighted by molar-refractivity contribution is 6.06. The molecule has 0 saturated heterocycles. The molecule has 0 saturated carbocycles. The van der Waals surface area contributed by atoms with Crippen molar-refractivity contribution in [2.24, 2.45) is 7.05 Å². The van der Waals surface area contributed by atoms with Crippen molar-refractivity contribution in [3.05, 3.63) is 72.1 Å². The number of benzene rings is 1. The van der Waals surface area contributed by atoms with Crippen LogP contribution in [0.25, 0.3) is 22.2 Å². The van der Waals surface area contributed by atoms with E-state index >= 15 is 0 Å². The number of ketones is 1. The monoisotopic (exact) mass is 406 g/mol. The number of Topliss-reactive ketones (excluding diaryl/α,β-unsaturated/α-hetero) is 1. The molecule has 0 aliphatic rings. The molecule has 3 heterocycles. The predicted molar refractivity (Wildman–Crippen MR) is 113 cm³/mol. The van der Waals surface area contributed by atoms with E-state index in [2.05, 4.69) is 10.1 Å². The molecule has 0 aliphatic carbocycles. The number of nitrogens with zero attached hydrogens (tertiary/aromatic N) is 4. The van der Waals surface area contributed by atoms with E-state index in [4.69, 9.17) is 0 Å². The number of aryl methyl sites for hydroxylation is 1. The summed E-state index contributed by atoms with van der Waals surface area (Å²) in [5, 5.41) is 13.6. The average molecular weight is 406 g/mol. The zero-order valence-corrected chi connectivity index (χ0v) is 16.9. The predicted octanol–water partition coefficient (Wildman–Crippen LogP) is 3.97. The second-order valence-corrected chi connectivity index (χ2v) is 7.56. The maximum atomic E-state index is 14.9. The Bertz CT molecular complexity index is 1210. The van der Waals surface area contributed by atoms with Crippen LogP contribution in [0.2, 0.25) is 0 Å². The molecule has 30 heavy (non-hydrogen) atoms. The Balaban J connectivity index is 1.65. The molecule has 4 rings (SSSR count). The number of halogens is 1. The lowest BCUT2D eigenvalue weighted by molar-refractivity contribution is 0.0950. The summed E-state index contributed by atoms with van der Waals surface area (Å²) in [4.78, 5) is 17.0. The van der Waals surface area contributed by atoms with Crippen molar-refractivity contribution < 1.29 is 14.3 Å². The fourth-order valence-corrected chi connectivity index (χ4v) is 3.54. The van der Waals surface area contributed by atoms with Gasteiger partial charge in [-0.3, -0.25) is 14.5 Å². The van der Waals surface area contributed by atoms with Crippen LogP contribution in [0.4, 0.5) is 4.39 Å². The molecule has 1 atom stereocenters. The van der Waals surface area contributed by atoms with E-state index in [1.165, 1.54) is 6.07 Å². The average Bonchev–Trinajstić information content (AvgIpc) is 3.32. The Hall–Kier alpha value is -3.32. The molecule has 1 N–H and O–H groups in total. The molecular weight excluding hydrogens is 383 g/mol. The summed E-state index contributed by atoms with van der Waals surface area (Å²) in [6.45, 7) is 1.94. The van der Waals surface area contributed by atoms with Gasteiger partial charge in [-0.15, -0.1) is 0 Å². The minimum atomic E-state index is -0.539. The SMILES string of the molecule is C[C@H](O)CCC(=O)c1cn(Cc2ccc(-c3cnn(C)c3)cc2F)c2cccnc12. The molecule has 3 aromatic heterocycles. The maximum Gasteiger partial charge on any atom is 0.166 e. The highest BCUT2D eigenvalue weighted by Gasteiger charge is 2.17. The van der Waals surface area contributed by atoms with Crippen molar-refractivity contribution >= 4 is 16.8 Å². The normalized spacial score (nSPS) is 12.4. The summed E-state index contributed by atoms with van der Waals surface area (Å²) in [5.74, 6) is -0.394. The molecule has 154 valence electrons. The van der Waals surface area contributed by atoms with Crippen molar-refractivity contribution in [2.75, 3.05) is 0 Å². The molecule has 7 heteroatoms. The lowest BCUT2D eigenvalue weighted by atomic mass is 10.1. The number of rotatable bonds is 7. The van der Waals surface area contributed by atoms with E-state index in [1.807, 2.05) is 29.9 Å². The number of carbonyl (C=O) groups excluding carboxylic acids is 1. The first kappa shape index (κ1) is 20.0. The molecule has 0 radical (unpaired) electrons. The first-order chi connectivity index (χ1) is 14.4. The summed E-state index contributed by atoms with van der Waals surface area (Å²) < 4.78 is 18.4. The lowest BCUT2D eigenvalue weighted by Crippen LogP contribution is -2.06. The van der Waals surface area contributed by atoms with Crippen LogP contribution in [-0.2, 0) is 13.6 Å². The molecule has 0 fully saturated rings. The van der Waals surface area contributed by atoms with Crippen LogP contribution in [0.1, 0.15) is 35.7 Å². The van der Waals surface area contributed by atoms with Gasteiger partial charge >= 0.3 is 0 Å². The van der Waals surface area contributed by atoms with E-state index < -0.39 is 6.10 Å². The van der Waals surface area contributed by atoms with E-state index in [0.717, 1.165) is 16.6 Å². The van der Waals surface area contributed by atoms with Crippen molar-refractivity contribution in [3.63, 3.8) is 0 Å². The minimum absolute atomic E-state index is 0.0780. The summed E-state index contributed by atoms with van der Waals surface area (Å²) >= 11 is 0. The Morgan fingerprint density at radius 2 is 2.07 bits per heavy atom. The first-order valence-corrected chi connectivity index (χ1v) is 9.85. The maximum absolute atomic E-state index is 14.9. The van der Waals surface area contributed by atoms with Crippen LogP contribution < -0.4 is 0 Å². The largest absolute Gasteiger partial charge is 0.393 e. The molecule has 0 unspecified atom stereocenters. The van der Waals surface area contributed by atoms with Crippen molar-refractivity contribution in [2.45, 2.75) is 32.4 Å². The smallest absolute Gasteiger partial charge is 0.166 e. The van der Waals surface area contributed by atoms with Crippen LogP contribution in [0.15, 0.2) is 55.1 Å². The zero-order chi connectivity index (χ0) is 21.3. The van der Waals surface area contributed by atoms with Gasteiger partial charge in [0.25, 0.3) is 0 Å². The van der Waals surface area contributed by atoms with Crippen molar-refractivity contribution in [1.82, 2.24) is 19.3 Å². The first-order valence-electron chi connectivity index (χ1n) is 9.85. The number of aliphatic hydroxyl groups excluding tert-OH is 1. The fraction of sp³-hybridized carbons (Fsp3) is 0.261. The van der Waals surface area contributed by atoms with E-state index in [-0.39, 0.29) is 24.6 Å². The van der Waals surface area contributed by atoms with Gasteiger partial charge in [-0.1, -0.05) is 12.1 Å². The summed E-state index contributed by atoms with van der Waals surface area (Å²) in [7, 11) is 1.82. The Morgan fingerprint density at radius 3 is 2.77 bits per heavy atom. The van der Waals surface area contributed by atoms with Gasteiger partial charge in [-0.05, 0) is 37.1 Å². The standard InChI is InChI=1S/C23H23FN4O2/c1-15(29)5-8-22(30)19-14-28(21-4-3-9-25-23(19)21)13-17-7-6-16(10-20(17)24)18-11-26-27(2)12-18/h3-4,6-7,9-12,14-15,29H,5,8,13H2,1-2H3/t15-/m0/s1. The Morgan fingerprint density at radius 1 is 1.23 bits per heavy atom. The quantitative estimate of drug-likeness (QED) is 0.472. The number of aliphatic hydroxyl groups is 1. The van der Waals surface area contributed by atoms with Crippen LogP contribution in [0.3, 0.4) is 0 Å².